The Morgan fingerprint density at radius 3 is 0.694 bits per heavy atom. The Morgan fingerprint density at radius 1 is 0.306 bits per heavy atom. The predicted octanol–water partition coefficient (Wildman–Crippen LogP) is 6.34. The molecule has 184 valence electrons. The van der Waals surface area contributed by atoms with Crippen molar-refractivity contribution in [1.29, 1.82) is 0 Å². The Labute approximate surface area is 206 Å². The van der Waals surface area contributed by atoms with Crippen LogP contribution in [0, 0.1) is 0 Å². The molecule has 0 aromatic rings. The van der Waals surface area contributed by atoms with Crippen molar-refractivity contribution in [3.63, 3.8) is 0 Å². The van der Waals surface area contributed by atoms with Crippen LogP contribution in [-0.2, 0) is 0 Å². The Morgan fingerprint density at radius 2 is 0.500 bits per heavy atom. The maximum Gasteiger partial charge on any atom is 0.122 e. The van der Waals surface area contributed by atoms with Gasteiger partial charge in [-0.1, -0.05) is 0 Å². The lowest BCUT2D eigenvalue weighted by atomic mass is 9.86. The van der Waals surface area contributed by atoms with Crippen LogP contribution in [0.3, 0.4) is 0 Å². The molecule has 0 saturated heterocycles. The highest BCUT2D eigenvalue weighted by molar-refractivity contribution is 5.57. The lowest BCUT2D eigenvalue weighted by Gasteiger charge is -2.22. The van der Waals surface area contributed by atoms with Crippen molar-refractivity contribution in [2.75, 3.05) is 0 Å². The van der Waals surface area contributed by atoms with Crippen LogP contribution in [0.1, 0.15) is 25.7 Å². The number of allylic oxidation sites excluding steroid dienone is 16. The van der Waals surface area contributed by atoms with Crippen molar-refractivity contribution in [1.82, 2.24) is 0 Å². The van der Waals surface area contributed by atoms with Crippen molar-refractivity contribution < 1.29 is 40.9 Å². The minimum atomic E-state index is -0.192. The zero-order valence-corrected chi connectivity index (χ0v) is 19.0. The molecule has 0 fully saturated rings. The molecule has 0 radical (unpaired) electrons. The molecule has 8 nitrogen and oxygen atoms in total. The van der Waals surface area contributed by atoms with Gasteiger partial charge in [0.25, 0.3) is 0 Å². The smallest absolute Gasteiger partial charge is 0.122 e. The fraction of sp³-hybridized carbons (Fsp3) is 0.143. The normalized spacial score (nSPS) is 28.4. The molecule has 0 aliphatic heterocycles. The second-order valence-corrected chi connectivity index (χ2v) is 9.15. The molecule has 0 aromatic heterocycles. The van der Waals surface area contributed by atoms with Crippen LogP contribution in [-0.4, -0.2) is 40.9 Å². The number of hydrogen-bond acceptors (Lipinski definition) is 8. The van der Waals surface area contributed by atoms with Gasteiger partial charge in [0.15, 0.2) is 0 Å². The Balaban J connectivity index is 1.73. The molecule has 5 aliphatic rings. The van der Waals surface area contributed by atoms with Crippen LogP contribution in [0.15, 0.2) is 139 Å². The van der Waals surface area contributed by atoms with Gasteiger partial charge in [0, 0.05) is 50.0 Å². The van der Waals surface area contributed by atoms with Crippen molar-refractivity contribution in [2.45, 2.75) is 25.7 Å². The first kappa shape index (κ1) is 23.0. The van der Waals surface area contributed by atoms with E-state index < -0.39 is 0 Å². The van der Waals surface area contributed by atoms with Gasteiger partial charge in [-0.15, -0.1) is 0 Å². The van der Waals surface area contributed by atoms with Gasteiger partial charge < -0.3 is 40.9 Å². The van der Waals surface area contributed by atoms with E-state index in [1.165, 1.54) is 24.3 Å². The molecule has 5 aliphatic carbocycles. The van der Waals surface area contributed by atoms with Crippen molar-refractivity contribution in [2.24, 2.45) is 0 Å². The number of hydrogen-bond donors (Lipinski definition) is 8. The molecule has 36 heavy (non-hydrogen) atoms. The SMILES string of the molecule is OC1=CC(O)=C2/C=C3\CC(=C(O)C=C3O)/C=C3\CC(=C(O)C=C3O)/C=C3\CC(=C(O)C=C3O)/C=C/1C2. The van der Waals surface area contributed by atoms with Gasteiger partial charge in [0.05, 0.1) is 0 Å². The number of fused-ring (bicyclic) bond motifs is 8. The summed E-state index contributed by atoms with van der Waals surface area (Å²) in [5.41, 5.74) is 3.19. The second kappa shape index (κ2) is 8.49. The van der Waals surface area contributed by atoms with E-state index in [0.717, 1.165) is 0 Å². The van der Waals surface area contributed by atoms with Gasteiger partial charge in [-0.3, -0.25) is 0 Å². The van der Waals surface area contributed by atoms with Crippen LogP contribution >= 0.6 is 0 Å². The molecule has 0 spiro atoms. The van der Waals surface area contributed by atoms with E-state index >= 15 is 0 Å². The molecule has 8 heteroatoms. The second-order valence-electron chi connectivity index (χ2n) is 9.15. The largest absolute Gasteiger partial charge is 0.508 e. The van der Waals surface area contributed by atoms with Gasteiger partial charge in [-0.05, 0) is 68.9 Å². The highest BCUT2D eigenvalue weighted by Crippen LogP contribution is 2.38. The monoisotopic (exact) mass is 488 g/mol. The van der Waals surface area contributed by atoms with Crippen molar-refractivity contribution >= 4 is 0 Å². The molecule has 0 saturated carbocycles. The Bertz CT molecular complexity index is 1250. The topological polar surface area (TPSA) is 162 Å². The van der Waals surface area contributed by atoms with E-state index in [1.807, 2.05) is 0 Å². The molecule has 0 amide bonds. The predicted molar refractivity (Wildman–Crippen MR) is 132 cm³/mol. The average molecular weight is 488 g/mol. The first-order chi connectivity index (χ1) is 17.1. The van der Waals surface area contributed by atoms with Crippen LogP contribution < -0.4 is 0 Å². The summed E-state index contributed by atoms with van der Waals surface area (Å²) in [5.74, 6) is -1.53. The van der Waals surface area contributed by atoms with E-state index in [-0.39, 0.29) is 71.8 Å². The molecule has 0 aromatic carbocycles. The minimum absolute atomic E-state index is 0.0814. The summed E-state index contributed by atoms with van der Waals surface area (Å²) in [6, 6.07) is 0. The molecule has 0 unspecified atom stereocenters. The molecule has 0 heterocycles. The molecule has 8 bridgehead atoms. The van der Waals surface area contributed by atoms with Crippen LogP contribution in [0.25, 0.3) is 0 Å². The lowest BCUT2D eigenvalue weighted by Crippen LogP contribution is -2.09. The summed E-state index contributed by atoms with van der Waals surface area (Å²) in [4.78, 5) is 0. The molecular weight excluding hydrogens is 464 g/mol. The van der Waals surface area contributed by atoms with Gasteiger partial charge in [-0.2, -0.15) is 0 Å². The van der Waals surface area contributed by atoms with Gasteiger partial charge >= 0.3 is 0 Å². The summed E-state index contributed by atoms with van der Waals surface area (Å²) in [5, 5.41) is 83.7. The molecule has 5 rings (SSSR count). The van der Waals surface area contributed by atoms with Gasteiger partial charge in [0.2, 0.25) is 0 Å². The van der Waals surface area contributed by atoms with Crippen LogP contribution in [0.4, 0.5) is 0 Å². The fourth-order valence-electron chi connectivity index (χ4n) is 4.65. The van der Waals surface area contributed by atoms with Gasteiger partial charge in [-0.25, -0.2) is 0 Å². The number of aliphatic hydroxyl groups excluding tert-OH is 8. The summed E-state index contributed by atoms with van der Waals surface area (Å²) in [7, 11) is 0. The molecule has 0 atom stereocenters. The molecular formula is C28H24O8. The van der Waals surface area contributed by atoms with Crippen LogP contribution in [0.5, 0.6) is 0 Å². The third-order valence-corrected chi connectivity index (χ3v) is 6.64. The first-order valence-corrected chi connectivity index (χ1v) is 11.2. The van der Waals surface area contributed by atoms with E-state index in [4.69, 9.17) is 0 Å². The third kappa shape index (κ3) is 4.13. The zero-order valence-electron chi connectivity index (χ0n) is 19.0. The van der Waals surface area contributed by atoms with Gasteiger partial charge in [0.1, 0.15) is 46.1 Å². The van der Waals surface area contributed by atoms with E-state index in [1.54, 1.807) is 24.3 Å². The summed E-state index contributed by atoms with van der Waals surface area (Å²) >= 11 is 0. The maximum atomic E-state index is 10.5. The zero-order chi connectivity index (χ0) is 25.7. The molecule has 8 N–H and O–H groups in total. The fourth-order valence-corrected chi connectivity index (χ4v) is 4.65. The Kier molecular flexibility index (Phi) is 5.44. The quantitative estimate of drug-likeness (QED) is 0.196. The van der Waals surface area contributed by atoms with Crippen molar-refractivity contribution in [3.8, 4) is 0 Å². The maximum absolute atomic E-state index is 10.5. The summed E-state index contributed by atoms with van der Waals surface area (Å²) < 4.78 is 0. The van der Waals surface area contributed by atoms with E-state index in [9.17, 15) is 40.9 Å². The first-order valence-electron chi connectivity index (χ1n) is 11.2. The van der Waals surface area contributed by atoms with E-state index in [0.29, 0.717) is 44.6 Å². The number of rotatable bonds is 0. The summed E-state index contributed by atoms with van der Waals surface area (Å²) in [6.45, 7) is 0. The van der Waals surface area contributed by atoms with Crippen molar-refractivity contribution in [3.05, 3.63) is 139 Å². The van der Waals surface area contributed by atoms with Crippen LogP contribution in [0.2, 0.25) is 0 Å². The number of aliphatic hydroxyl groups is 8. The third-order valence-electron chi connectivity index (χ3n) is 6.64. The average Bonchev–Trinajstić information content (AvgIpc) is 2.79. The highest BCUT2D eigenvalue weighted by Gasteiger charge is 2.25. The standard InChI is InChI=1S/C28H24O8/c29-21-9-22(30)14-1-13(21)5-15-2-17(25(33)10-23(15)31)7-19-4-20(28(36)12-27(19)35)8-18-3-16(6-14)24(32)11-26(18)34/h5-12,29-36H,1-4H2/b13-5+,14-6?,15-5?,16-6+,17-7+,18-8?,19-7?,20-8+. The minimum Gasteiger partial charge on any atom is -0.508 e. The lowest BCUT2D eigenvalue weighted by molar-refractivity contribution is 0.382. The summed E-state index contributed by atoms with van der Waals surface area (Å²) in [6.07, 6.45) is 11.3. The Hall–Kier alpha value is -4.72. The van der Waals surface area contributed by atoms with E-state index in [2.05, 4.69) is 0 Å². The highest BCUT2D eigenvalue weighted by atomic mass is 16.3.